The lowest BCUT2D eigenvalue weighted by Crippen LogP contribution is -2.28. The zero-order valence-electron chi connectivity index (χ0n) is 16.5. The number of rotatable bonds is 6. The molecule has 28 heavy (non-hydrogen) atoms. The second-order valence-corrected chi connectivity index (χ2v) is 7.45. The van der Waals surface area contributed by atoms with Crippen LogP contribution in [-0.4, -0.2) is 31.4 Å². The molecule has 3 rings (SSSR count). The fourth-order valence-electron chi connectivity index (χ4n) is 3.48. The number of benzene rings is 2. The highest BCUT2D eigenvalue weighted by Gasteiger charge is 2.35. The molecular weight excluding hydrogens is 374 g/mol. The topological polar surface area (TPSA) is 52.6 Å². The number of carbonyl (C=O) groups excluding carboxylic acids is 2. The minimum Gasteiger partial charge on any atom is -0.372 e. The quantitative estimate of drug-likeness (QED) is 0.778. The van der Waals surface area contributed by atoms with Crippen molar-refractivity contribution < 1.29 is 9.59 Å². The molecule has 0 aromatic heterocycles. The van der Waals surface area contributed by atoms with Crippen molar-refractivity contribution in [3.8, 4) is 0 Å². The maximum absolute atomic E-state index is 12.6. The Morgan fingerprint density at radius 2 is 1.86 bits per heavy atom. The average Bonchev–Trinajstić information content (AvgIpc) is 3.08. The lowest BCUT2D eigenvalue weighted by molar-refractivity contribution is -0.122. The van der Waals surface area contributed by atoms with Crippen molar-refractivity contribution >= 4 is 40.5 Å². The highest BCUT2D eigenvalue weighted by Crippen LogP contribution is 2.28. The van der Waals surface area contributed by atoms with E-state index < -0.39 is 0 Å². The smallest absolute Gasteiger partial charge is 0.229 e. The fourth-order valence-corrected chi connectivity index (χ4v) is 3.66. The van der Waals surface area contributed by atoms with Crippen LogP contribution in [-0.2, 0) is 9.59 Å². The van der Waals surface area contributed by atoms with Crippen LogP contribution in [0.1, 0.15) is 25.8 Å². The Morgan fingerprint density at radius 1 is 1.18 bits per heavy atom. The van der Waals surface area contributed by atoms with E-state index in [4.69, 9.17) is 11.6 Å². The van der Waals surface area contributed by atoms with E-state index in [0.29, 0.717) is 17.3 Å². The SMILES string of the molecule is CCN(CC)c1ccc(N2CC(C(=O)Nc3ccc(C)c(Cl)c3)CC2=O)cc1. The number of hydrogen-bond acceptors (Lipinski definition) is 3. The van der Waals surface area contributed by atoms with Crippen LogP contribution in [0.5, 0.6) is 0 Å². The molecular formula is C22H26ClN3O2. The number of aryl methyl sites for hydroxylation is 1. The third-order valence-electron chi connectivity index (χ3n) is 5.23. The summed E-state index contributed by atoms with van der Waals surface area (Å²) in [5, 5.41) is 3.48. The molecule has 1 aliphatic heterocycles. The fraction of sp³-hybridized carbons (Fsp3) is 0.364. The van der Waals surface area contributed by atoms with Gasteiger partial charge < -0.3 is 15.1 Å². The van der Waals surface area contributed by atoms with Crippen molar-refractivity contribution in [1.29, 1.82) is 0 Å². The summed E-state index contributed by atoms with van der Waals surface area (Å²) in [6.45, 7) is 8.40. The summed E-state index contributed by atoms with van der Waals surface area (Å²) in [6.07, 6.45) is 0.212. The summed E-state index contributed by atoms with van der Waals surface area (Å²) in [5.41, 5.74) is 3.56. The van der Waals surface area contributed by atoms with E-state index >= 15 is 0 Å². The standard InChI is InChI=1S/C22H26ClN3O2/c1-4-25(5-2)18-8-10-19(11-9-18)26-14-16(12-21(26)27)22(28)24-17-7-6-15(3)20(23)13-17/h6-11,13,16H,4-5,12,14H2,1-3H3,(H,24,28). The molecule has 0 spiro atoms. The van der Waals surface area contributed by atoms with Crippen molar-refractivity contribution in [3.63, 3.8) is 0 Å². The summed E-state index contributed by atoms with van der Waals surface area (Å²) >= 11 is 6.12. The van der Waals surface area contributed by atoms with Gasteiger partial charge in [-0.1, -0.05) is 17.7 Å². The zero-order valence-corrected chi connectivity index (χ0v) is 17.3. The third-order valence-corrected chi connectivity index (χ3v) is 5.63. The van der Waals surface area contributed by atoms with E-state index in [0.717, 1.165) is 30.0 Å². The van der Waals surface area contributed by atoms with E-state index in [2.05, 4.69) is 24.1 Å². The van der Waals surface area contributed by atoms with E-state index in [-0.39, 0.29) is 24.2 Å². The Labute approximate surface area is 171 Å². The number of nitrogens with zero attached hydrogens (tertiary/aromatic N) is 2. The Morgan fingerprint density at radius 3 is 2.46 bits per heavy atom. The van der Waals surface area contributed by atoms with Gasteiger partial charge in [0.2, 0.25) is 11.8 Å². The summed E-state index contributed by atoms with van der Waals surface area (Å²) in [4.78, 5) is 29.0. The van der Waals surface area contributed by atoms with Crippen LogP contribution in [0.2, 0.25) is 5.02 Å². The molecule has 1 saturated heterocycles. The van der Waals surface area contributed by atoms with Gasteiger partial charge in [-0.25, -0.2) is 0 Å². The Kier molecular flexibility index (Phi) is 6.25. The second-order valence-electron chi connectivity index (χ2n) is 7.05. The van der Waals surface area contributed by atoms with Gasteiger partial charge in [-0.05, 0) is 62.7 Å². The highest BCUT2D eigenvalue weighted by molar-refractivity contribution is 6.31. The average molecular weight is 400 g/mol. The molecule has 2 aromatic carbocycles. The molecule has 148 valence electrons. The molecule has 1 atom stereocenters. The molecule has 2 aromatic rings. The third kappa shape index (κ3) is 4.30. The van der Waals surface area contributed by atoms with Crippen LogP contribution in [0.15, 0.2) is 42.5 Å². The van der Waals surface area contributed by atoms with E-state index in [1.165, 1.54) is 0 Å². The number of anilines is 3. The summed E-state index contributed by atoms with van der Waals surface area (Å²) in [5.74, 6) is -0.566. The number of carbonyl (C=O) groups is 2. The van der Waals surface area contributed by atoms with Gasteiger partial charge in [0, 0.05) is 48.1 Å². The van der Waals surface area contributed by atoms with Crippen molar-refractivity contribution in [3.05, 3.63) is 53.1 Å². The van der Waals surface area contributed by atoms with Crippen molar-refractivity contribution in [2.45, 2.75) is 27.2 Å². The molecule has 1 aliphatic rings. The first kappa shape index (κ1) is 20.2. The number of hydrogen-bond donors (Lipinski definition) is 1. The molecule has 0 aliphatic carbocycles. The Balaban J connectivity index is 1.67. The van der Waals surface area contributed by atoms with Crippen LogP contribution in [0.3, 0.4) is 0 Å². The first-order valence-electron chi connectivity index (χ1n) is 9.65. The Hall–Kier alpha value is -2.53. The van der Waals surface area contributed by atoms with Gasteiger partial charge >= 0.3 is 0 Å². The van der Waals surface area contributed by atoms with E-state index in [1.54, 1.807) is 11.0 Å². The van der Waals surface area contributed by atoms with Crippen LogP contribution in [0.4, 0.5) is 17.1 Å². The lowest BCUT2D eigenvalue weighted by atomic mass is 10.1. The highest BCUT2D eigenvalue weighted by atomic mass is 35.5. The lowest BCUT2D eigenvalue weighted by Gasteiger charge is -2.22. The van der Waals surface area contributed by atoms with Gasteiger partial charge in [0.15, 0.2) is 0 Å². The Bertz CT molecular complexity index is 863. The molecule has 1 fully saturated rings. The first-order valence-corrected chi connectivity index (χ1v) is 10.0. The van der Waals surface area contributed by atoms with Gasteiger partial charge in [-0.15, -0.1) is 0 Å². The minimum absolute atomic E-state index is 0.0299. The normalized spacial score (nSPS) is 16.4. The summed E-state index contributed by atoms with van der Waals surface area (Å²) in [7, 11) is 0. The monoisotopic (exact) mass is 399 g/mol. The summed E-state index contributed by atoms with van der Waals surface area (Å²) in [6, 6.07) is 13.4. The second kappa shape index (κ2) is 8.65. The predicted octanol–water partition coefficient (Wildman–Crippen LogP) is 4.49. The summed E-state index contributed by atoms with van der Waals surface area (Å²) < 4.78 is 0. The minimum atomic E-state index is -0.380. The van der Waals surface area contributed by atoms with Crippen LogP contribution in [0, 0.1) is 12.8 Å². The van der Waals surface area contributed by atoms with Crippen LogP contribution < -0.4 is 15.1 Å². The number of amides is 2. The molecule has 1 heterocycles. The van der Waals surface area contributed by atoms with Gasteiger partial charge in [0.25, 0.3) is 0 Å². The van der Waals surface area contributed by atoms with Gasteiger partial charge in [-0.3, -0.25) is 9.59 Å². The number of halogens is 1. The van der Waals surface area contributed by atoms with Crippen LogP contribution >= 0.6 is 11.6 Å². The number of nitrogens with one attached hydrogen (secondary N) is 1. The van der Waals surface area contributed by atoms with Crippen molar-refractivity contribution in [2.24, 2.45) is 5.92 Å². The molecule has 6 heteroatoms. The molecule has 0 radical (unpaired) electrons. The van der Waals surface area contributed by atoms with Crippen molar-refractivity contribution in [2.75, 3.05) is 34.8 Å². The van der Waals surface area contributed by atoms with Crippen molar-refractivity contribution in [1.82, 2.24) is 0 Å². The van der Waals surface area contributed by atoms with Gasteiger partial charge in [0.1, 0.15) is 0 Å². The zero-order chi connectivity index (χ0) is 20.3. The molecule has 1 unspecified atom stereocenters. The maximum Gasteiger partial charge on any atom is 0.229 e. The van der Waals surface area contributed by atoms with E-state index in [9.17, 15) is 9.59 Å². The van der Waals surface area contributed by atoms with Gasteiger partial charge in [-0.2, -0.15) is 0 Å². The molecule has 2 amide bonds. The maximum atomic E-state index is 12.6. The van der Waals surface area contributed by atoms with Crippen LogP contribution in [0.25, 0.3) is 0 Å². The van der Waals surface area contributed by atoms with Gasteiger partial charge in [0.05, 0.1) is 5.92 Å². The molecule has 0 saturated carbocycles. The molecule has 0 bridgehead atoms. The predicted molar refractivity (Wildman–Crippen MR) is 115 cm³/mol. The molecule has 1 N–H and O–H groups in total. The largest absolute Gasteiger partial charge is 0.372 e. The molecule has 5 nitrogen and oxygen atoms in total. The van der Waals surface area contributed by atoms with E-state index in [1.807, 2.05) is 43.3 Å². The first-order chi connectivity index (χ1) is 13.4.